The van der Waals surface area contributed by atoms with Crippen molar-refractivity contribution in [3.05, 3.63) is 113 Å². The molecule has 1 atom stereocenters. The molecule has 2 aromatic heterocycles. The van der Waals surface area contributed by atoms with Gasteiger partial charge in [-0.15, -0.1) is 0 Å². The summed E-state index contributed by atoms with van der Waals surface area (Å²) in [5, 5.41) is 8.11. The minimum absolute atomic E-state index is 0.204. The second-order valence-corrected chi connectivity index (χ2v) is 10.3. The second kappa shape index (κ2) is 9.95. The molecule has 7 nitrogen and oxygen atoms in total. The van der Waals surface area contributed by atoms with E-state index >= 15 is 0 Å². The van der Waals surface area contributed by atoms with Gasteiger partial charge < -0.3 is 5.32 Å². The molecule has 4 aromatic rings. The average molecular weight is 532 g/mol. The van der Waals surface area contributed by atoms with Gasteiger partial charge in [0.15, 0.2) is 4.80 Å². The first kappa shape index (κ1) is 24.9. The Labute approximate surface area is 223 Å². The van der Waals surface area contributed by atoms with Gasteiger partial charge in [-0.25, -0.2) is 4.99 Å². The number of halogens is 1. The van der Waals surface area contributed by atoms with E-state index in [4.69, 9.17) is 16.6 Å². The molecular weight excluding hydrogens is 506 g/mol. The van der Waals surface area contributed by atoms with Gasteiger partial charge in [0.25, 0.3) is 11.5 Å². The van der Waals surface area contributed by atoms with Gasteiger partial charge in [-0.05, 0) is 63.6 Å². The van der Waals surface area contributed by atoms with Gasteiger partial charge in [-0.3, -0.25) is 18.8 Å². The van der Waals surface area contributed by atoms with Crippen molar-refractivity contribution in [1.82, 2.24) is 14.3 Å². The Hall–Kier alpha value is -3.75. The van der Waals surface area contributed by atoms with Crippen LogP contribution in [0.5, 0.6) is 0 Å². The number of nitrogens with one attached hydrogen (secondary N) is 1. The number of fused-ring (bicyclic) bond motifs is 1. The van der Waals surface area contributed by atoms with Crippen molar-refractivity contribution in [3.8, 4) is 0 Å². The van der Waals surface area contributed by atoms with Crippen LogP contribution in [0.25, 0.3) is 6.08 Å². The summed E-state index contributed by atoms with van der Waals surface area (Å²) in [4.78, 5) is 32.7. The van der Waals surface area contributed by atoms with E-state index in [9.17, 15) is 9.59 Å². The number of carbonyl (C=O) groups is 1. The molecule has 5 rings (SSSR count). The highest BCUT2D eigenvalue weighted by molar-refractivity contribution is 7.07. The number of aryl methyl sites for hydroxylation is 2. The largest absolute Gasteiger partial charge is 0.322 e. The molecule has 37 heavy (non-hydrogen) atoms. The summed E-state index contributed by atoms with van der Waals surface area (Å²) in [6.07, 6.45) is 1.88. The summed E-state index contributed by atoms with van der Waals surface area (Å²) in [5.74, 6) is -0.308. The van der Waals surface area contributed by atoms with Gasteiger partial charge in [-0.2, -0.15) is 5.10 Å². The standard InChI is InChI=1S/C28H26ClN5O2S/c1-5-33-18(4)22(16(2)32-33)15-23-27(36)34-25(19-11-13-20(29)14-12-19)24(17(3)30-28(34)37-23)26(35)31-21-9-7-6-8-10-21/h6-15,25H,5H2,1-4H3,(H,31,35)/b23-15+/t25-/m0/s1. The lowest BCUT2D eigenvalue weighted by atomic mass is 9.95. The monoisotopic (exact) mass is 531 g/mol. The SMILES string of the molecule is CCn1nc(C)c(/C=c2/sc3n(c2=O)[C@@H](c2ccc(Cl)cc2)C(C(=O)Nc2ccccc2)=C(C)N=3)c1C. The van der Waals surface area contributed by atoms with Crippen molar-refractivity contribution < 1.29 is 4.79 Å². The Morgan fingerprint density at radius 2 is 1.81 bits per heavy atom. The van der Waals surface area contributed by atoms with Crippen LogP contribution in [0.2, 0.25) is 5.02 Å². The zero-order valence-electron chi connectivity index (χ0n) is 20.9. The molecule has 1 amide bonds. The van der Waals surface area contributed by atoms with Crippen molar-refractivity contribution in [2.45, 2.75) is 40.3 Å². The fourth-order valence-corrected chi connectivity index (χ4v) is 5.81. The van der Waals surface area contributed by atoms with Crippen molar-refractivity contribution >= 4 is 40.6 Å². The van der Waals surface area contributed by atoms with Crippen LogP contribution in [0.3, 0.4) is 0 Å². The van der Waals surface area contributed by atoms with E-state index in [0.717, 1.165) is 29.1 Å². The molecule has 0 spiro atoms. The van der Waals surface area contributed by atoms with Gasteiger partial charge in [-0.1, -0.05) is 53.3 Å². The number of anilines is 1. The maximum atomic E-state index is 13.9. The molecule has 0 saturated carbocycles. The van der Waals surface area contributed by atoms with Crippen LogP contribution in [-0.4, -0.2) is 20.3 Å². The summed E-state index contributed by atoms with van der Waals surface area (Å²) < 4.78 is 4.07. The number of allylic oxidation sites excluding steroid dienone is 1. The summed E-state index contributed by atoms with van der Waals surface area (Å²) in [5.41, 5.74) is 4.99. The Balaban J connectivity index is 1.69. The van der Waals surface area contributed by atoms with Crippen LogP contribution < -0.4 is 20.2 Å². The average Bonchev–Trinajstić information content (AvgIpc) is 3.34. The number of rotatable bonds is 5. The molecule has 0 bridgehead atoms. The van der Waals surface area contributed by atoms with Crippen LogP contribution in [0.4, 0.5) is 5.69 Å². The first-order chi connectivity index (χ1) is 17.8. The lowest BCUT2D eigenvalue weighted by Gasteiger charge is -2.25. The smallest absolute Gasteiger partial charge is 0.271 e. The van der Waals surface area contributed by atoms with Crippen molar-refractivity contribution in [1.29, 1.82) is 0 Å². The lowest BCUT2D eigenvalue weighted by Crippen LogP contribution is -2.40. The number of amides is 1. The van der Waals surface area contributed by atoms with Crippen LogP contribution >= 0.6 is 22.9 Å². The first-order valence-electron chi connectivity index (χ1n) is 12.0. The minimum atomic E-state index is -0.653. The van der Waals surface area contributed by atoms with E-state index in [1.54, 1.807) is 23.6 Å². The molecule has 188 valence electrons. The third kappa shape index (κ3) is 4.58. The fourth-order valence-electron chi connectivity index (χ4n) is 4.65. The third-order valence-electron chi connectivity index (χ3n) is 6.50. The number of thiazole rings is 1. The number of benzene rings is 2. The van der Waals surface area contributed by atoms with Gasteiger partial charge in [0.05, 0.1) is 27.5 Å². The molecule has 1 N–H and O–H groups in total. The van der Waals surface area contributed by atoms with Gasteiger partial charge in [0, 0.05) is 28.5 Å². The number of para-hydroxylation sites is 1. The van der Waals surface area contributed by atoms with Crippen molar-refractivity contribution in [2.24, 2.45) is 4.99 Å². The number of carbonyl (C=O) groups excluding carboxylic acids is 1. The zero-order chi connectivity index (χ0) is 26.3. The van der Waals surface area contributed by atoms with E-state index in [2.05, 4.69) is 10.4 Å². The van der Waals surface area contributed by atoms with E-state index in [0.29, 0.717) is 31.3 Å². The second-order valence-electron chi connectivity index (χ2n) is 8.85. The molecular formula is C28H26ClN5O2S. The predicted molar refractivity (Wildman–Crippen MR) is 148 cm³/mol. The summed E-state index contributed by atoms with van der Waals surface area (Å²) in [6.45, 7) is 8.53. The molecule has 0 fully saturated rings. The van der Waals surface area contributed by atoms with Crippen LogP contribution in [0, 0.1) is 13.8 Å². The number of nitrogens with zero attached hydrogens (tertiary/aromatic N) is 4. The molecule has 0 saturated heterocycles. The summed E-state index contributed by atoms with van der Waals surface area (Å²) in [6, 6.07) is 15.8. The summed E-state index contributed by atoms with van der Waals surface area (Å²) in [7, 11) is 0. The maximum Gasteiger partial charge on any atom is 0.271 e. The quantitative estimate of drug-likeness (QED) is 0.415. The Bertz CT molecular complexity index is 1710. The van der Waals surface area contributed by atoms with Gasteiger partial charge in [0.1, 0.15) is 0 Å². The highest BCUT2D eigenvalue weighted by Crippen LogP contribution is 2.31. The Morgan fingerprint density at radius 3 is 2.46 bits per heavy atom. The summed E-state index contributed by atoms with van der Waals surface area (Å²) >= 11 is 7.48. The third-order valence-corrected chi connectivity index (χ3v) is 7.73. The molecule has 0 radical (unpaired) electrons. The fraction of sp³-hybridized carbons (Fsp3) is 0.214. The molecule has 1 aliphatic heterocycles. The normalized spacial score (nSPS) is 15.5. The van der Waals surface area contributed by atoms with Gasteiger partial charge in [0.2, 0.25) is 0 Å². The number of hydrogen-bond donors (Lipinski definition) is 1. The van der Waals surface area contributed by atoms with E-state index in [1.165, 1.54) is 11.3 Å². The zero-order valence-corrected chi connectivity index (χ0v) is 22.5. The van der Waals surface area contributed by atoms with Crippen LogP contribution in [0.1, 0.15) is 42.4 Å². The molecule has 0 aliphatic carbocycles. The Kier molecular flexibility index (Phi) is 6.70. The highest BCUT2D eigenvalue weighted by atomic mass is 35.5. The molecule has 1 aliphatic rings. The number of aromatic nitrogens is 3. The highest BCUT2D eigenvalue weighted by Gasteiger charge is 2.32. The van der Waals surface area contributed by atoms with Crippen LogP contribution in [-0.2, 0) is 11.3 Å². The maximum absolute atomic E-state index is 13.9. The number of hydrogen-bond acceptors (Lipinski definition) is 5. The first-order valence-corrected chi connectivity index (χ1v) is 13.2. The molecule has 2 aromatic carbocycles. The lowest BCUT2D eigenvalue weighted by molar-refractivity contribution is -0.113. The van der Waals surface area contributed by atoms with Crippen molar-refractivity contribution in [2.75, 3.05) is 5.32 Å². The molecule has 3 heterocycles. The van der Waals surface area contributed by atoms with Gasteiger partial charge >= 0.3 is 0 Å². The van der Waals surface area contributed by atoms with Crippen molar-refractivity contribution in [3.63, 3.8) is 0 Å². The van der Waals surface area contributed by atoms with E-state index in [-0.39, 0.29) is 11.5 Å². The molecule has 9 heteroatoms. The topological polar surface area (TPSA) is 81.3 Å². The predicted octanol–water partition coefficient (Wildman–Crippen LogP) is 4.36. The van der Waals surface area contributed by atoms with Crippen LogP contribution in [0.15, 0.2) is 75.7 Å². The van der Waals surface area contributed by atoms with E-state index in [1.807, 2.05) is 74.0 Å². The Morgan fingerprint density at radius 1 is 1.11 bits per heavy atom. The van der Waals surface area contributed by atoms with E-state index < -0.39 is 6.04 Å². The minimum Gasteiger partial charge on any atom is -0.322 e. The molecule has 0 unspecified atom stereocenters.